The van der Waals surface area contributed by atoms with Crippen molar-refractivity contribution in [2.24, 2.45) is 0 Å². The lowest BCUT2D eigenvalue weighted by Gasteiger charge is -2.34. The van der Waals surface area contributed by atoms with Crippen LogP contribution < -0.4 is 0 Å². The molecule has 3 unspecified atom stereocenters. The molecule has 0 bridgehead atoms. The smallest absolute Gasteiger partial charge is 0.442 e. The van der Waals surface area contributed by atoms with Crippen molar-refractivity contribution >= 4 is 39.0 Å². The number of rotatable bonds is 10. The SMILES string of the molecule is C[Si](C)(C)O[Si](C)(CCC1COC(=O)O1)O[SiH2]CCC1COC(=O)O1. The van der Waals surface area contributed by atoms with Crippen molar-refractivity contribution in [1.82, 2.24) is 0 Å². The molecule has 0 aromatic heterocycles. The lowest BCUT2D eigenvalue weighted by Crippen LogP contribution is -2.48. The zero-order valence-electron chi connectivity index (χ0n) is 15.4. The molecule has 0 aromatic rings. The van der Waals surface area contributed by atoms with Gasteiger partial charge in [0.2, 0.25) is 0 Å². The first-order valence-electron chi connectivity index (χ1n) is 8.66. The third-order valence-corrected chi connectivity index (χ3v) is 13.1. The molecule has 2 aliphatic rings. The average molecular weight is 409 g/mol. The van der Waals surface area contributed by atoms with Crippen molar-refractivity contribution in [3.05, 3.63) is 0 Å². The molecule has 8 nitrogen and oxygen atoms in total. The largest absolute Gasteiger partial charge is 0.508 e. The molecule has 2 saturated heterocycles. The minimum atomic E-state index is -2.33. The minimum absolute atomic E-state index is 0.149. The maximum atomic E-state index is 11.0. The highest BCUT2D eigenvalue weighted by Crippen LogP contribution is 2.25. The zero-order chi connectivity index (χ0) is 18.5. The van der Waals surface area contributed by atoms with E-state index in [1.165, 1.54) is 0 Å². The predicted octanol–water partition coefficient (Wildman–Crippen LogP) is 2.28. The zero-order valence-corrected chi connectivity index (χ0v) is 18.8. The molecule has 0 saturated carbocycles. The summed E-state index contributed by atoms with van der Waals surface area (Å²) in [6, 6.07) is 1.67. The number of cyclic esters (lactones) is 4. The van der Waals surface area contributed by atoms with Gasteiger partial charge < -0.3 is 27.2 Å². The van der Waals surface area contributed by atoms with Crippen LogP contribution in [0.2, 0.25) is 38.3 Å². The minimum Gasteiger partial charge on any atom is -0.442 e. The highest BCUT2D eigenvalue weighted by Gasteiger charge is 2.38. The fourth-order valence-corrected chi connectivity index (χ4v) is 13.5. The Morgan fingerprint density at radius 1 is 1.00 bits per heavy atom. The van der Waals surface area contributed by atoms with Gasteiger partial charge in [-0.3, -0.25) is 0 Å². The van der Waals surface area contributed by atoms with Crippen LogP contribution in [0, 0.1) is 0 Å². The molecule has 11 heteroatoms. The number of carbonyl (C=O) groups is 2. The standard InChI is InChI=1S/C14H28O8Si3/c1-24(2,3)22-25(4,8-6-12-10-18-14(16)20-12)21-23-7-5-11-9-17-13(15)19-11/h11-12H,5-10,23H2,1-4H3. The number of carbonyl (C=O) groups excluding carboxylic acids is 2. The first-order chi connectivity index (χ1) is 11.7. The van der Waals surface area contributed by atoms with E-state index in [0.29, 0.717) is 19.6 Å². The highest BCUT2D eigenvalue weighted by molar-refractivity contribution is 6.83. The van der Waals surface area contributed by atoms with E-state index in [4.69, 9.17) is 27.2 Å². The number of ether oxygens (including phenoxy) is 4. The molecule has 144 valence electrons. The summed E-state index contributed by atoms with van der Waals surface area (Å²) in [5, 5.41) is 0. The Hall–Kier alpha value is -0.889. The Bertz CT molecular complexity index is 483. The summed E-state index contributed by atoms with van der Waals surface area (Å²) >= 11 is 0. The summed E-state index contributed by atoms with van der Waals surface area (Å²) in [5.41, 5.74) is 0. The first kappa shape index (κ1) is 20.4. The Balaban J connectivity index is 1.77. The van der Waals surface area contributed by atoms with Gasteiger partial charge in [0.05, 0.1) is 0 Å². The van der Waals surface area contributed by atoms with E-state index in [-0.39, 0.29) is 12.2 Å². The highest BCUT2D eigenvalue weighted by atomic mass is 28.5. The van der Waals surface area contributed by atoms with Crippen LogP contribution in [-0.4, -0.2) is 64.4 Å². The molecule has 0 aromatic carbocycles. The van der Waals surface area contributed by atoms with Gasteiger partial charge in [0.15, 0.2) is 8.32 Å². The van der Waals surface area contributed by atoms with Gasteiger partial charge >= 0.3 is 20.9 Å². The third kappa shape index (κ3) is 7.48. The van der Waals surface area contributed by atoms with E-state index in [1.54, 1.807) is 0 Å². The summed E-state index contributed by atoms with van der Waals surface area (Å²) in [5.74, 6) is 0. The fourth-order valence-electron chi connectivity index (χ4n) is 2.84. The predicted molar refractivity (Wildman–Crippen MR) is 97.0 cm³/mol. The molecule has 0 aliphatic carbocycles. The van der Waals surface area contributed by atoms with Crippen LogP contribution in [0.3, 0.4) is 0 Å². The lowest BCUT2D eigenvalue weighted by molar-refractivity contribution is 0.116. The van der Waals surface area contributed by atoms with Gasteiger partial charge in [0.1, 0.15) is 35.2 Å². The van der Waals surface area contributed by atoms with Gasteiger partial charge in [0, 0.05) is 0 Å². The molecule has 25 heavy (non-hydrogen) atoms. The van der Waals surface area contributed by atoms with Crippen LogP contribution in [0.15, 0.2) is 0 Å². The Kier molecular flexibility index (Phi) is 7.08. The van der Waals surface area contributed by atoms with E-state index in [2.05, 4.69) is 26.2 Å². The van der Waals surface area contributed by atoms with Gasteiger partial charge in [-0.1, -0.05) is 0 Å². The van der Waals surface area contributed by atoms with Crippen molar-refractivity contribution in [1.29, 1.82) is 0 Å². The van der Waals surface area contributed by atoms with E-state index in [1.807, 2.05) is 0 Å². The topological polar surface area (TPSA) is 89.5 Å². The van der Waals surface area contributed by atoms with Crippen LogP contribution in [0.5, 0.6) is 0 Å². The molecule has 0 amide bonds. The average Bonchev–Trinajstić information content (AvgIpc) is 3.08. The Morgan fingerprint density at radius 2 is 1.56 bits per heavy atom. The normalized spacial score (nSPS) is 26.2. The third-order valence-electron chi connectivity index (χ3n) is 3.82. The molecule has 2 heterocycles. The van der Waals surface area contributed by atoms with Crippen molar-refractivity contribution in [2.45, 2.75) is 63.3 Å². The van der Waals surface area contributed by atoms with Crippen LogP contribution in [0.4, 0.5) is 9.59 Å². The number of hydrogen-bond acceptors (Lipinski definition) is 8. The maximum absolute atomic E-state index is 11.0. The molecule has 0 spiro atoms. The van der Waals surface area contributed by atoms with Crippen LogP contribution in [0.1, 0.15) is 12.8 Å². The van der Waals surface area contributed by atoms with Gasteiger partial charge in [-0.2, -0.15) is 0 Å². The van der Waals surface area contributed by atoms with Crippen LogP contribution in [-0.2, 0) is 27.2 Å². The molecular formula is C14H28O8Si3. The molecule has 2 rings (SSSR count). The summed E-state index contributed by atoms with van der Waals surface area (Å²) in [4.78, 5) is 22.0. The van der Waals surface area contributed by atoms with Gasteiger partial charge in [0.25, 0.3) is 0 Å². The summed E-state index contributed by atoms with van der Waals surface area (Å²) in [6.07, 6.45) is -0.0649. The van der Waals surface area contributed by atoms with E-state index < -0.39 is 39.0 Å². The molecule has 0 N–H and O–H groups in total. The van der Waals surface area contributed by atoms with Gasteiger partial charge in [-0.25, -0.2) is 9.59 Å². The first-order valence-corrected chi connectivity index (χ1v) is 16.2. The monoisotopic (exact) mass is 408 g/mol. The lowest BCUT2D eigenvalue weighted by atomic mass is 10.3. The van der Waals surface area contributed by atoms with Crippen molar-refractivity contribution in [2.75, 3.05) is 13.2 Å². The second-order valence-electron chi connectivity index (χ2n) is 7.48. The Labute approximate surface area is 152 Å². The molecule has 2 fully saturated rings. The molecular weight excluding hydrogens is 380 g/mol. The van der Waals surface area contributed by atoms with Gasteiger partial charge in [-0.15, -0.1) is 0 Å². The van der Waals surface area contributed by atoms with Crippen LogP contribution >= 0.6 is 0 Å². The van der Waals surface area contributed by atoms with Crippen molar-refractivity contribution < 1.29 is 36.8 Å². The molecule has 3 atom stereocenters. The molecule has 2 aliphatic heterocycles. The summed E-state index contributed by atoms with van der Waals surface area (Å²) < 4.78 is 32.5. The van der Waals surface area contributed by atoms with E-state index in [9.17, 15) is 9.59 Å². The second-order valence-corrected chi connectivity index (χ2v) is 17.6. The maximum Gasteiger partial charge on any atom is 0.508 e. The summed E-state index contributed by atoms with van der Waals surface area (Å²) in [7, 11) is -4.87. The Morgan fingerprint density at radius 3 is 2.04 bits per heavy atom. The van der Waals surface area contributed by atoms with Crippen molar-refractivity contribution in [3.8, 4) is 0 Å². The van der Waals surface area contributed by atoms with Crippen molar-refractivity contribution in [3.63, 3.8) is 0 Å². The fraction of sp³-hybridized carbons (Fsp3) is 0.857. The number of hydrogen-bond donors (Lipinski definition) is 0. The van der Waals surface area contributed by atoms with Crippen LogP contribution in [0.25, 0.3) is 0 Å². The molecule has 0 radical (unpaired) electrons. The second kappa shape index (κ2) is 8.66. The van der Waals surface area contributed by atoms with E-state index >= 15 is 0 Å². The van der Waals surface area contributed by atoms with Gasteiger partial charge in [-0.05, 0) is 51.1 Å². The summed E-state index contributed by atoms with van der Waals surface area (Å²) in [6.45, 7) is 9.18. The quantitative estimate of drug-likeness (QED) is 0.309. The van der Waals surface area contributed by atoms with E-state index in [0.717, 1.165) is 18.5 Å².